The molecule has 0 radical (unpaired) electrons. The first kappa shape index (κ1) is 33.6. The molecule has 0 aliphatic heterocycles. The minimum atomic E-state index is -0.548. The molecule has 0 heterocycles. The minimum absolute atomic E-state index is 0.0906. The van der Waals surface area contributed by atoms with Crippen molar-refractivity contribution in [3.8, 4) is 0 Å². The Morgan fingerprint density at radius 3 is 1.73 bits per heavy atom. The van der Waals surface area contributed by atoms with Crippen LogP contribution in [0.4, 0.5) is 9.59 Å². The summed E-state index contributed by atoms with van der Waals surface area (Å²) in [4.78, 5) is 24.1. The van der Waals surface area contributed by atoms with Gasteiger partial charge in [-0.25, -0.2) is 9.59 Å². The molecule has 0 unspecified atom stereocenters. The maximum absolute atomic E-state index is 12.2. The van der Waals surface area contributed by atoms with E-state index in [2.05, 4.69) is 19.2 Å². The molecule has 1 rings (SSSR count). The highest BCUT2D eigenvalue weighted by Gasteiger charge is 2.32. The first-order valence-corrected chi connectivity index (χ1v) is 15.5. The third-order valence-corrected chi connectivity index (χ3v) is 7.26. The predicted octanol–water partition coefficient (Wildman–Crippen LogP) is 9.34. The molecule has 0 aromatic rings. The Hall–Kier alpha value is -1.46. The predicted molar refractivity (Wildman–Crippen MR) is 152 cm³/mol. The van der Waals surface area contributed by atoms with E-state index in [-0.39, 0.29) is 18.1 Å². The number of hydrogen-bond donors (Lipinski definition) is 1. The Kier molecular flexibility index (Phi) is 18.6. The lowest BCUT2D eigenvalue weighted by molar-refractivity contribution is 0.0141. The largest absolute Gasteiger partial charge is 0.508 e. The summed E-state index contributed by atoms with van der Waals surface area (Å²) < 4.78 is 16.2. The molecule has 0 bridgehead atoms. The van der Waals surface area contributed by atoms with Crippen LogP contribution in [0.2, 0.25) is 0 Å². The van der Waals surface area contributed by atoms with Gasteiger partial charge < -0.3 is 19.5 Å². The number of nitrogens with one attached hydrogen (secondary N) is 1. The van der Waals surface area contributed by atoms with E-state index in [4.69, 9.17) is 14.2 Å². The van der Waals surface area contributed by atoms with E-state index in [1.807, 2.05) is 20.8 Å². The molecule has 0 atom stereocenters. The van der Waals surface area contributed by atoms with Crippen molar-refractivity contribution >= 4 is 12.2 Å². The Bertz CT molecular complexity index is 565. The number of carbonyl (C=O) groups excluding carboxylic acids is 2. The highest BCUT2D eigenvalue weighted by molar-refractivity contribution is 5.68. The Morgan fingerprint density at radius 2 is 1.24 bits per heavy atom. The molecule has 1 N–H and O–H groups in total. The number of amides is 1. The number of unbranched alkanes of at least 4 members (excludes halogenated alkanes) is 12. The fourth-order valence-corrected chi connectivity index (χ4v) is 4.97. The normalized spacial score (nSPS) is 17.4. The van der Waals surface area contributed by atoms with Gasteiger partial charge in [-0.1, -0.05) is 104 Å². The van der Waals surface area contributed by atoms with Gasteiger partial charge in [0.1, 0.15) is 5.60 Å². The molecule has 1 amide bonds. The van der Waals surface area contributed by atoms with E-state index in [1.165, 1.54) is 89.9 Å². The highest BCUT2D eigenvalue weighted by atomic mass is 16.7. The smallest absolute Gasteiger partial charge is 0.444 e. The van der Waals surface area contributed by atoms with Crippen LogP contribution in [0.15, 0.2) is 0 Å². The summed E-state index contributed by atoms with van der Waals surface area (Å²) in [6.45, 7) is 10.9. The lowest BCUT2D eigenvalue weighted by atomic mass is 9.81. The fourth-order valence-electron chi connectivity index (χ4n) is 4.97. The third-order valence-electron chi connectivity index (χ3n) is 7.26. The van der Waals surface area contributed by atoms with Gasteiger partial charge in [-0.2, -0.15) is 0 Å². The first-order valence-electron chi connectivity index (χ1n) is 15.5. The molecule has 218 valence electrons. The van der Waals surface area contributed by atoms with Crippen molar-refractivity contribution in [1.29, 1.82) is 0 Å². The van der Waals surface area contributed by atoms with Crippen LogP contribution >= 0.6 is 0 Å². The SMILES string of the molecule is CCCCCCCCCC(CCCCCCCCC)COC(=O)OCC1CC(NC(=O)OC(C)(C)C)C1. The minimum Gasteiger partial charge on any atom is -0.444 e. The molecule has 6 heteroatoms. The topological polar surface area (TPSA) is 73.9 Å². The lowest BCUT2D eigenvalue weighted by Crippen LogP contribution is -2.47. The summed E-state index contributed by atoms with van der Waals surface area (Å²) in [6, 6.07) is 0.0906. The van der Waals surface area contributed by atoms with Crippen LogP contribution in [-0.4, -0.2) is 37.1 Å². The van der Waals surface area contributed by atoms with Gasteiger partial charge in [0.25, 0.3) is 0 Å². The van der Waals surface area contributed by atoms with Gasteiger partial charge in [-0.15, -0.1) is 0 Å². The second kappa shape index (κ2) is 20.5. The lowest BCUT2D eigenvalue weighted by Gasteiger charge is -2.35. The van der Waals surface area contributed by atoms with Crippen LogP contribution in [0.1, 0.15) is 150 Å². The van der Waals surface area contributed by atoms with E-state index >= 15 is 0 Å². The van der Waals surface area contributed by atoms with E-state index in [1.54, 1.807) is 0 Å². The third kappa shape index (κ3) is 19.3. The summed E-state index contributed by atoms with van der Waals surface area (Å²) >= 11 is 0. The number of carbonyl (C=O) groups is 2. The first-order chi connectivity index (χ1) is 17.7. The van der Waals surface area contributed by atoms with Crippen molar-refractivity contribution in [2.24, 2.45) is 11.8 Å². The Morgan fingerprint density at radius 1 is 0.757 bits per heavy atom. The van der Waals surface area contributed by atoms with Crippen molar-refractivity contribution in [2.45, 2.75) is 162 Å². The van der Waals surface area contributed by atoms with Gasteiger partial charge >= 0.3 is 12.2 Å². The zero-order valence-electron chi connectivity index (χ0n) is 24.9. The summed E-state index contributed by atoms with van der Waals surface area (Å²) in [5, 5.41) is 2.87. The molecule has 6 nitrogen and oxygen atoms in total. The van der Waals surface area contributed by atoms with Crippen LogP contribution in [0.3, 0.4) is 0 Å². The highest BCUT2D eigenvalue weighted by Crippen LogP contribution is 2.28. The van der Waals surface area contributed by atoms with Gasteiger partial charge in [-0.3, -0.25) is 0 Å². The van der Waals surface area contributed by atoms with Crippen LogP contribution in [0.25, 0.3) is 0 Å². The Labute approximate surface area is 228 Å². The zero-order valence-corrected chi connectivity index (χ0v) is 24.9. The molecule has 1 fully saturated rings. The van der Waals surface area contributed by atoms with E-state index < -0.39 is 11.8 Å². The molecule has 37 heavy (non-hydrogen) atoms. The molecule has 1 saturated carbocycles. The number of rotatable bonds is 21. The van der Waals surface area contributed by atoms with Crippen LogP contribution in [0.5, 0.6) is 0 Å². The van der Waals surface area contributed by atoms with Crippen LogP contribution < -0.4 is 5.32 Å². The van der Waals surface area contributed by atoms with Gasteiger partial charge in [0, 0.05) is 6.04 Å². The molecule has 1 aliphatic carbocycles. The van der Waals surface area contributed by atoms with Crippen molar-refractivity contribution in [3.63, 3.8) is 0 Å². The number of ether oxygens (including phenoxy) is 3. The second-order valence-corrected chi connectivity index (χ2v) is 12.2. The zero-order chi connectivity index (χ0) is 27.4. The molecule has 0 aromatic carbocycles. The Balaban J connectivity index is 2.23. The van der Waals surface area contributed by atoms with Gasteiger partial charge in [-0.05, 0) is 58.3 Å². The van der Waals surface area contributed by atoms with E-state index in [0.717, 1.165) is 25.7 Å². The van der Waals surface area contributed by atoms with Crippen LogP contribution in [-0.2, 0) is 14.2 Å². The summed E-state index contributed by atoms with van der Waals surface area (Å²) in [6.07, 6.45) is 21.2. The average Bonchev–Trinajstić information content (AvgIpc) is 2.80. The standard InChI is InChI=1S/C31H59NO5/c1-6-8-10-12-14-16-18-20-26(21-19-17-15-13-11-9-7-2)24-35-30(34)36-25-27-22-28(23-27)32-29(33)37-31(3,4)5/h26-28H,6-25H2,1-5H3,(H,32,33). The monoisotopic (exact) mass is 525 g/mol. The van der Waals surface area contributed by atoms with E-state index in [0.29, 0.717) is 19.1 Å². The second-order valence-electron chi connectivity index (χ2n) is 12.2. The van der Waals surface area contributed by atoms with Crippen molar-refractivity contribution in [3.05, 3.63) is 0 Å². The maximum atomic E-state index is 12.2. The summed E-state index contributed by atoms with van der Waals surface area (Å²) in [7, 11) is 0. The van der Waals surface area contributed by atoms with Gasteiger partial charge in [0.2, 0.25) is 0 Å². The number of hydrogen-bond acceptors (Lipinski definition) is 5. The van der Waals surface area contributed by atoms with Crippen molar-refractivity contribution < 1.29 is 23.8 Å². The van der Waals surface area contributed by atoms with Gasteiger partial charge in [0.15, 0.2) is 0 Å². The summed E-state index contributed by atoms with van der Waals surface area (Å²) in [5.41, 5.74) is -0.499. The van der Waals surface area contributed by atoms with Crippen molar-refractivity contribution in [1.82, 2.24) is 5.32 Å². The van der Waals surface area contributed by atoms with Crippen LogP contribution in [0, 0.1) is 11.8 Å². The molecule has 0 aromatic heterocycles. The molecular weight excluding hydrogens is 466 g/mol. The molecule has 0 saturated heterocycles. The molecule has 0 spiro atoms. The average molecular weight is 526 g/mol. The van der Waals surface area contributed by atoms with Gasteiger partial charge in [0.05, 0.1) is 13.2 Å². The number of alkyl carbamates (subject to hydrolysis) is 1. The quantitative estimate of drug-likeness (QED) is 0.119. The molecular formula is C31H59NO5. The maximum Gasteiger partial charge on any atom is 0.508 e. The van der Waals surface area contributed by atoms with Crippen molar-refractivity contribution in [2.75, 3.05) is 13.2 Å². The van der Waals surface area contributed by atoms with E-state index in [9.17, 15) is 9.59 Å². The molecule has 1 aliphatic rings. The fraction of sp³-hybridized carbons (Fsp3) is 0.935. The summed E-state index contributed by atoms with van der Waals surface area (Å²) in [5.74, 6) is 0.702.